The molecule has 4 rings (SSSR count). The van der Waals surface area contributed by atoms with Crippen LogP contribution in [0.1, 0.15) is 61.0 Å². The minimum atomic E-state index is -0.518. The van der Waals surface area contributed by atoms with Crippen molar-refractivity contribution in [2.45, 2.75) is 50.5 Å². The standard InChI is InChI=1S/C24H25NO4/c1-24(2,14-25)20-6-4-5-19-18(20)9-10-21(19)29-16-7-8-17-15(11-23(26)27-3)13-28-22(17)12-16/h4-8,12,15,21H,9-11,13H2,1-3H3/t15-,21?/m1/s1. The Kier molecular flexibility index (Phi) is 4.96. The van der Waals surface area contributed by atoms with E-state index < -0.39 is 5.41 Å². The van der Waals surface area contributed by atoms with Crippen LogP contribution in [0.3, 0.4) is 0 Å². The van der Waals surface area contributed by atoms with Crippen molar-refractivity contribution < 1.29 is 19.0 Å². The first-order chi connectivity index (χ1) is 13.9. The van der Waals surface area contributed by atoms with E-state index in [0.717, 1.165) is 41.0 Å². The second-order valence-electron chi connectivity index (χ2n) is 8.24. The predicted molar refractivity (Wildman–Crippen MR) is 108 cm³/mol. The Balaban J connectivity index is 1.54. The monoisotopic (exact) mass is 391 g/mol. The number of methoxy groups -OCH3 is 1. The molecule has 5 nitrogen and oxygen atoms in total. The zero-order valence-electron chi connectivity index (χ0n) is 17.0. The van der Waals surface area contributed by atoms with E-state index >= 15 is 0 Å². The zero-order valence-corrected chi connectivity index (χ0v) is 17.0. The van der Waals surface area contributed by atoms with E-state index in [1.165, 1.54) is 12.7 Å². The average molecular weight is 391 g/mol. The van der Waals surface area contributed by atoms with Gasteiger partial charge in [-0.1, -0.05) is 24.3 Å². The Morgan fingerprint density at radius 1 is 1.28 bits per heavy atom. The highest BCUT2D eigenvalue weighted by molar-refractivity contribution is 5.71. The van der Waals surface area contributed by atoms with Crippen LogP contribution in [0.15, 0.2) is 36.4 Å². The topological polar surface area (TPSA) is 68.6 Å². The number of nitrogens with zero attached hydrogens (tertiary/aromatic N) is 1. The van der Waals surface area contributed by atoms with Gasteiger partial charge in [0.15, 0.2) is 0 Å². The fourth-order valence-electron chi connectivity index (χ4n) is 4.33. The van der Waals surface area contributed by atoms with Gasteiger partial charge in [-0.05, 0) is 49.4 Å². The van der Waals surface area contributed by atoms with Crippen LogP contribution in [0.4, 0.5) is 0 Å². The largest absolute Gasteiger partial charge is 0.492 e. The zero-order chi connectivity index (χ0) is 20.6. The highest BCUT2D eigenvalue weighted by Crippen LogP contribution is 2.43. The molecule has 5 heteroatoms. The van der Waals surface area contributed by atoms with Gasteiger partial charge in [0.25, 0.3) is 0 Å². The fraction of sp³-hybridized carbons (Fsp3) is 0.417. The van der Waals surface area contributed by atoms with Crippen LogP contribution in [0.2, 0.25) is 0 Å². The van der Waals surface area contributed by atoms with E-state index in [-0.39, 0.29) is 18.0 Å². The van der Waals surface area contributed by atoms with Gasteiger partial charge in [0.05, 0.1) is 31.6 Å². The predicted octanol–water partition coefficient (Wildman–Crippen LogP) is 4.59. The number of hydrogen-bond donors (Lipinski definition) is 0. The molecule has 0 amide bonds. The third-order valence-corrected chi connectivity index (χ3v) is 5.95. The summed E-state index contributed by atoms with van der Waals surface area (Å²) in [5.41, 5.74) is 3.99. The molecular weight excluding hydrogens is 366 g/mol. The Hall–Kier alpha value is -3.00. The molecule has 1 unspecified atom stereocenters. The first-order valence-electron chi connectivity index (χ1n) is 9.96. The minimum Gasteiger partial charge on any atom is -0.492 e. The van der Waals surface area contributed by atoms with Gasteiger partial charge >= 0.3 is 5.97 Å². The van der Waals surface area contributed by atoms with Crippen LogP contribution < -0.4 is 9.47 Å². The first-order valence-corrected chi connectivity index (χ1v) is 9.96. The second kappa shape index (κ2) is 7.44. The summed E-state index contributed by atoms with van der Waals surface area (Å²) in [6.07, 6.45) is 2.07. The molecule has 0 bridgehead atoms. The number of ether oxygens (including phenoxy) is 3. The molecule has 29 heavy (non-hydrogen) atoms. The summed E-state index contributed by atoms with van der Waals surface area (Å²) in [5, 5.41) is 9.54. The van der Waals surface area contributed by atoms with E-state index in [1.54, 1.807) is 0 Å². The molecule has 0 spiro atoms. The molecule has 1 aliphatic carbocycles. The summed E-state index contributed by atoms with van der Waals surface area (Å²) >= 11 is 0. The summed E-state index contributed by atoms with van der Waals surface area (Å²) < 4.78 is 16.9. The summed E-state index contributed by atoms with van der Waals surface area (Å²) in [6, 6.07) is 14.4. The third-order valence-electron chi connectivity index (χ3n) is 5.95. The maximum absolute atomic E-state index is 11.6. The molecule has 2 atom stereocenters. The second-order valence-corrected chi connectivity index (χ2v) is 8.24. The SMILES string of the molecule is COC(=O)C[C@@H]1COc2cc(OC3CCc4c3cccc4C(C)(C)C#N)ccc21. The van der Waals surface area contributed by atoms with E-state index in [1.807, 2.05) is 38.1 Å². The quantitative estimate of drug-likeness (QED) is 0.697. The molecule has 0 radical (unpaired) electrons. The van der Waals surface area contributed by atoms with Gasteiger partial charge in [0, 0.05) is 17.5 Å². The molecule has 0 saturated carbocycles. The van der Waals surface area contributed by atoms with Crippen molar-refractivity contribution in [2.24, 2.45) is 0 Å². The number of carbonyl (C=O) groups is 1. The number of hydrogen-bond acceptors (Lipinski definition) is 5. The van der Waals surface area contributed by atoms with Crippen molar-refractivity contribution in [1.82, 2.24) is 0 Å². The van der Waals surface area contributed by atoms with Crippen molar-refractivity contribution in [3.63, 3.8) is 0 Å². The van der Waals surface area contributed by atoms with Crippen LogP contribution in [-0.4, -0.2) is 19.7 Å². The number of carbonyl (C=O) groups excluding carboxylic acids is 1. The molecule has 0 N–H and O–H groups in total. The van der Waals surface area contributed by atoms with Gasteiger partial charge in [-0.2, -0.15) is 5.26 Å². The van der Waals surface area contributed by atoms with Crippen molar-refractivity contribution in [2.75, 3.05) is 13.7 Å². The third kappa shape index (κ3) is 3.55. The van der Waals surface area contributed by atoms with E-state index in [4.69, 9.17) is 14.2 Å². The highest BCUT2D eigenvalue weighted by Gasteiger charge is 2.32. The summed E-state index contributed by atoms with van der Waals surface area (Å²) in [6.45, 7) is 4.39. The van der Waals surface area contributed by atoms with Gasteiger partial charge in [0.1, 0.15) is 17.6 Å². The lowest BCUT2D eigenvalue weighted by Gasteiger charge is -2.21. The number of nitriles is 1. The van der Waals surface area contributed by atoms with Gasteiger partial charge in [-0.15, -0.1) is 0 Å². The van der Waals surface area contributed by atoms with Crippen molar-refractivity contribution in [1.29, 1.82) is 5.26 Å². The van der Waals surface area contributed by atoms with E-state index in [2.05, 4.69) is 18.2 Å². The molecular formula is C24H25NO4. The van der Waals surface area contributed by atoms with Crippen molar-refractivity contribution in [3.05, 3.63) is 58.7 Å². The Morgan fingerprint density at radius 2 is 2.10 bits per heavy atom. The maximum Gasteiger partial charge on any atom is 0.306 e. The van der Waals surface area contributed by atoms with Crippen molar-refractivity contribution >= 4 is 5.97 Å². The van der Waals surface area contributed by atoms with Crippen LogP contribution in [0.5, 0.6) is 11.5 Å². The molecule has 2 aliphatic rings. The number of benzene rings is 2. The van der Waals surface area contributed by atoms with Gasteiger partial charge in [0.2, 0.25) is 0 Å². The Bertz CT molecular complexity index is 989. The van der Waals surface area contributed by atoms with Gasteiger partial charge in [-0.25, -0.2) is 0 Å². The highest BCUT2D eigenvalue weighted by atomic mass is 16.5. The van der Waals surface area contributed by atoms with E-state index in [9.17, 15) is 10.1 Å². The van der Waals surface area contributed by atoms with Crippen LogP contribution >= 0.6 is 0 Å². The average Bonchev–Trinajstić information content (AvgIpc) is 3.32. The molecule has 1 aliphatic heterocycles. The Morgan fingerprint density at radius 3 is 2.86 bits per heavy atom. The van der Waals surface area contributed by atoms with Crippen LogP contribution in [0, 0.1) is 11.3 Å². The Labute approximate surface area is 171 Å². The fourth-order valence-corrected chi connectivity index (χ4v) is 4.33. The molecule has 2 aromatic carbocycles. The summed E-state index contributed by atoms with van der Waals surface area (Å²) in [4.78, 5) is 11.6. The molecule has 150 valence electrons. The number of fused-ring (bicyclic) bond motifs is 2. The first kappa shape index (κ1) is 19.3. The normalized spacial score (nSPS) is 19.7. The molecule has 0 saturated heterocycles. The smallest absolute Gasteiger partial charge is 0.306 e. The lowest BCUT2D eigenvalue weighted by atomic mass is 9.82. The summed E-state index contributed by atoms with van der Waals surface area (Å²) in [5.74, 6) is 1.32. The van der Waals surface area contributed by atoms with Crippen LogP contribution in [-0.2, 0) is 21.4 Å². The maximum atomic E-state index is 11.6. The van der Waals surface area contributed by atoms with Crippen LogP contribution in [0.25, 0.3) is 0 Å². The minimum absolute atomic E-state index is 0.0227. The molecule has 1 heterocycles. The lowest BCUT2D eigenvalue weighted by Crippen LogP contribution is -2.16. The molecule has 2 aromatic rings. The van der Waals surface area contributed by atoms with Crippen molar-refractivity contribution in [3.8, 4) is 17.6 Å². The number of esters is 1. The molecule has 0 aromatic heterocycles. The number of rotatable bonds is 5. The van der Waals surface area contributed by atoms with Gasteiger partial charge in [-0.3, -0.25) is 4.79 Å². The lowest BCUT2D eigenvalue weighted by molar-refractivity contribution is -0.141. The van der Waals surface area contributed by atoms with Gasteiger partial charge < -0.3 is 14.2 Å². The molecule has 0 fully saturated rings. The summed E-state index contributed by atoms with van der Waals surface area (Å²) in [7, 11) is 1.40. The van der Waals surface area contributed by atoms with E-state index in [0.29, 0.717) is 13.0 Å².